The van der Waals surface area contributed by atoms with E-state index in [0.717, 1.165) is 36.2 Å². The zero-order valence-corrected chi connectivity index (χ0v) is 17.3. The van der Waals surface area contributed by atoms with Crippen molar-refractivity contribution in [3.63, 3.8) is 0 Å². The van der Waals surface area contributed by atoms with Gasteiger partial charge in [0, 0.05) is 35.8 Å². The highest BCUT2D eigenvalue weighted by atomic mass is 79.9. The molecule has 0 aromatic carbocycles. The lowest BCUT2D eigenvalue weighted by atomic mass is 9.94. The summed E-state index contributed by atoms with van der Waals surface area (Å²) in [6.07, 6.45) is 13.5. The van der Waals surface area contributed by atoms with Gasteiger partial charge < -0.3 is 15.0 Å². The van der Waals surface area contributed by atoms with Gasteiger partial charge in [0.1, 0.15) is 11.4 Å². The van der Waals surface area contributed by atoms with E-state index in [2.05, 4.69) is 31.1 Å². The van der Waals surface area contributed by atoms with Gasteiger partial charge in [-0.15, -0.1) is 0 Å². The van der Waals surface area contributed by atoms with Gasteiger partial charge >= 0.3 is 5.97 Å². The van der Waals surface area contributed by atoms with E-state index >= 15 is 0 Å². The second kappa shape index (κ2) is 9.70. The number of nitrogens with zero attached hydrogens (tertiary/aromatic N) is 2. The second-order valence-electron chi connectivity index (χ2n) is 7.49. The highest BCUT2D eigenvalue weighted by Crippen LogP contribution is 2.26. The normalized spacial score (nSPS) is 20.5. The topological polar surface area (TPSA) is 54.5 Å². The molecule has 2 heterocycles. The summed E-state index contributed by atoms with van der Waals surface area (Å²) in [6.45, 7) is 1.84. The van der Waals surface area contributed by atoms with Crippen molar-refractivity contribution in [3.8, 4) is 0 Å². The number of carbonyl (C=O) groups excluding carboxylic acids is 1. The predicted molar refractivity (Wildman–Crippen MR) is 108 cm³/mol. The number of aromatic nitrogens is 1. The Kier molecular flexibility index (Phi) is 7.32. The fraction of sp³-hybridized carbons (Fsp3) is 0.700. The molecular weight excluding hydrogens is 394 g/mol. The molecule has 1 aromatic heterocycles. The number of rotatable bonds is 4. The molecule has 0 bridgehead atoms. The molecule has 0 unspecified atom stereocenters. The van der Waals surface area contributed by atoms with E-state index in [4.69, 9.17) is 4.74 Å². The zero-order chi connectivity index (χ0) is 18.4. The number of ether oxygens (including phenoxy) is 1. The average Bonchev–Trinajstić information content (AvgIpc) is 2.64. The second-order valence-corrected chi connectivity index (χ2v) is 8.40. The van der Waals surface area contributed by atoms with Gasteiger partial charge in [-0.25, -0.2) is 9.78 Å². The molecule has 1 saturated carbocycles. The first-order valence-electron chi connectivity index (χ1n) is 9.92. The van der Waals surface area contributed by atoms with Crippen LogP contribution in [0.4, 0.5) is 5.82 Å². The lowest BCUT2D eigenvalue weighted by molar-refractivity contribution is 0.0601. The highest BCUT2D eigenvalue weighted by Gasteiger charge is 2.26. The quantitative estimate of drug-likeness (QED) is 0.731. The SMILES string of the molecule is COC(=O)c1cc(Br)cnc1N1CCC(NC2CCCCCCC2)CC1. The Morgan fingerprint density at radius 1 is 1.12 bits per heavy atom. The Hall–Kier alpha value is -1.14. The molecule has 1 aromatic rings. The molecule has 26 heavy (non-hydrogen) atoms. The number of nitrogens with one attached hydrogen (secondary N) is 1. The molecule has 1 aliphatic carbocycles. The summed E-state index contributed by atoms with van der Waals surface area (Å²) in [7, 11) is 1.41. The van der Waals surface area contributed by atoms with Crippen LogP contribution in [0.2, 0.25) is 0 Å². The van der Waals surface area contributed by atoms with Gasteiger partial charge in [-0.05, 0) is 47.7 Å². The number of pyridine rings is 1. The van der Waals surface area contributed by atoms with Crippen molar-refractivity contribution < 1.29 is 9.53 Å². The van der Waals surface area contributed by atoms with Crippen LogP contribution >= 0.6 is 15.9 Å². The first-order chi connectivity index (χ1) is 12.7. The van der Waals surface area contributed by atoms with Crippen LogP contribution in [0.25, 0.3) is 0 Å². The molecule has 1 aliphatic heterocycles. The molecule has 1 N–H and O–H groups in total. The van der Waals surface area contributed by atoms with E-state index < -0.39 is 0 Å². The zero-order valence-electron chi connectivity index (χ0n) is 15.7. The van der Waals surface area contributed by atoms with Gasteiger partial charge in [-0.3, -0.25) is 0 Å². The van der Waals surface area contributed by atoms with Gasteiger partial charge in [0.2, 0.25) is 0 Å². The van der Waals surface area contributed by atoms with E-state index in [-0.39, 0.29) is 5.97 Å². The molecule has 1 saturated heterocycles. The summed E-state index contributed by atoms with van der Waals surface area (Å²) in [6, 6.07) is 3.06. The van der Waals surface area contributed by atoms with Gasteiger partial charge in [0.05, 0.1) is 7.11 Å². The molecule has 144 valence electrons. The molecule has 3 rings (SSSR count). The number of hydrogen-bond acceptors (Lipinski definition) is 5. The molecule has 0 amide bonds. The predicted octanol–water partition coefficient (Wildman–Crippen LogP) is 4.30. The molecule has 0 spiro atoms. The van der Waals surface area contributed by atoms with Crippen LogP contribution in [0.5, 0.6) is 0 Å². The van der Waals surface area contributed by atoms with E-state index in [9.17, 15) is 4.79 Å². The maximum Gasteiger partial charge on any atom is 0.341 e. The van der Waals surface area contributed by atoms with Gasteiger partial charge in [0.25, 0.3) is 0 Å². The van der Waals surface area contributed by atoms with Crippen molar-refractivity contribution in [1.82, 2.24) is 10.3 Å². The third kappa shape index (κ3) is 5.19. The number of hydrogen-bond donors (Lipinski definition) is 1. The van der Waals surface area contributed by atoms with Crippen molar-refractivity contribution >= 4 is 27.7 Å². The molecule has 2 aliphatic rings. The minimum atomic E-state index is -0.330. The van der Waals surface area contributed by atoms with E-state index in [1.165, 1.54) is 52.1 Å². The fourth-order valence-electron chi connectivity index (χ4n) is 4.16. The summed E-state index contributed by atoms with van der Waals surface area (Å²) in [5.41, 5.74) is 0.535. The third-order valence-corrected chi connectivity index (χ3v) is 6.04. The molecule has 0 atom stereocenters. The Morgan fingerprint density at radius 3 is 2.38 bits per heavy atom. The van der Waals surface area contributed by atoms with E-state index in [1.807, 2.05) is 0 Å². The Labute approximate surface area is 165 Å². The summed E-state index contributed by atoms with van der Waals surface area (Å²) in [4.78, 5) is 18.8. The van der Waals surface area contributed by atoms with Crippen molar-refractivity contribution in [1.29, 1.82) is 0 Å². The van der Waals surface area contributed by atoms with Crippen molar-refractivity contribution in [2.75, 3.05) is 25.1 Å². The Balaban J connectivity index is 1.57. The lowest BCUT2D eigenvalue weighted by Gasteiger charge is -2.36. The van der Waals surface area contributed by atoms with Gasteiger partial charge in [-0.1, -0.05) is 32.1 Å². The molecule has 6 heteroatoms. The van der Waals surface area contributed by atoms with Crippen LogP contribution in [-0.4, -0.2) is 43.2 Å². The number of piperidine rings is 1. The number of methoxy groups -OCH3 is 1. The van der Waals surface area contributed by atoms with Crippen LogP contribution in [-0.2, 0) is 4.74 Å². The highest BCUT2D eigenvalue weighted by molar-refractivity contribution is 9.10. The summed E-state index contributed by atoms with van der Waals surface area (Å²) < 4.78 is 5.72. The van der Waals surface area contributed by atoms with Crippen LogP contribution < -0.4 is 10.2 Å². The minimum absolute atomic E-state index is 0.330. The average molecular weight is 424 g/mol. The number of carbonyl (C=O) groups is 1. The largest absolute Gasteiger partial charge is 0.465 e. The van der Waals surface area contributed by atoms with Crippen molar-refractivity contribution in [2.24, 2.45) is 0 Å². The minimum Gasteiger partial charge on any atom is -0.465 e. The summed E-state index contributed by atoms with van der Waals surface area (Å²) in [5, 5.41) is 3.91. The van der Waals surface area contributed by atoms with Crippen LogP contribution in [0.1, 0.15) is 68.1 Å². The Bertz CT molecular complexity index is 595. The number of anilines is 1. The van der Waals surface area contributed by atoms with Crippen LogP contribution in [0.15, 0.2) is 16.7 Å². The maximum absolute atomic E-state index is 12.1. The summed E-state index contributed by atoms with van der Waals surface area (Å²) >= 11 is 3.40. The molecular formula is C20H30BrN3O2. The van der Waals surface area contributed by atoms with E-state index in [0.29, 0.717) is 17.6 Å². The Morgan fingerprint density at radius 2 is 1.73 bits per heavy atom. The smallest absolute Gasteiger partial charge is 0.341 e. The van der Waals surface area contributed by atoms with Crippen molar-refractivity contribution in [3.05, 3.63) is 22.3 Å². The summed E-state index contributed by atoms with van der Waals surface area (Å²) in [5.74, 6) is 0.410. The standard InChI is InChI=1S/C20H30BrN3O2/c1-26-20(25)18-13-15(21)14-22-19(18)24-11-9-17(10-12-24)23-16-7-5-3-2-4-6-8-16/h13-14,16-17,23H,2-12H2,1H3. The van der Waals surface area contributed by atoms with Crippen LogP contribution in [0, 0.1) is 0 Å². The monoisotopic (exact) mass is 423 g/mol. The molecule has 5 nitrogen and oxygen atoms in total. The van der Waals surface area contributed by atoms with Crippen LogP contribution in [0.3, 0.4) is 0 Å². The third-order valence-electron chi connectivity index (χ3n) is 5.61. The van der Waals surface area contributed by atoms with Gasteiger partial charge in [-0.2, -0.15) is 0 Å². The van der Waals surface area contributed by atoms with E-state index in [1.54, 1.807) is 12.3 Å². The number of esters is 1. The first kappa shape index (κ1) is 19.6. The maximum atomic E-state index is 12.1. The first-order valence-corrected chi connectivity index (χ1v) is 10.7. The number of halogens is 1. The van der Waals surface area contributed by atoms with Crippen molar-refractivity contribution in [2.45, 2.75) is 69.9 Å². The fourth-order valence-corrected chi connectivity index (χ4v) is 4.49. The van der Waals surface area contributed by atoms with Gasteiger partial charge in [0.15, 0.2) is 0 Å². The molecule has 2 fully saturated rings. The lowest BCUT2D eigenvalue weighted by Crippen LogP contribution is -2.47. The molecule has 0 radical (unpaired) electrons.